The van der Waals surface area contributed by atoms with Crippen molar-refractivity contribution in [2.75, 3.05) is 6.54 Å². The lowest BCUT2D eigenvalue weighted by Gasteiger charge is -2.29. The Balaban J connectivity index is 1.94. The van der Waals surface area contributed by atoms with E-state index in [-0.39, 0.29) is 0 Å². The summed E-state index contributed by atoms with van der Waals surface area (Å²) < 4.78 is 1.45. The predicted molar refractivity (Wildman–Crippen MR) is 65.0 cm³/mol. The van der Waals surface area contributed by atoms with E-state index in [2.05, 4.69) is 17.5 Å². The first-order valence-corrected chi connectivity index (χ1v) is 7.06. The number of thiophene rings is 1. The molecule has 0 saturated heterocycles. The van der Waals surface area contributed by atoms with Crippen molar-refractivity contribution in [3.05, 3.63) is 17.5 Å². The predicted octanol–water partition coefficient (Wildman–Crippen LogP) is 3.36. The average molecular weight is 227 g/mol. The van der Waals surface area contributed by atoms with Crippen molar-refractivity contribution < 1.29 is 0 Å². The summed E-state index contributed by atoms with van der Waals surface area (Å²) >= 11 is 3.89. The Morgan fingerprint density at radius 1 is 1.43 bits per heavy atom. The van der Waals surface area contributed by atoms with Crippen molar-refractivity contribution in [1.29, 1.82) is 0 Å². The van der Waals surface area contributed by atoms with Crippen molar-refractivity contribution in [2.45, 2.75) is 35.1 Å². The molecule has 2 unspecified atom stereocenters. The van der Waals surface area contributed by atoms with Gasteiger partial charge >= 0.3 is 0 Å². The van der Waals surface area contributed by atoms with E-state index in [1.165, 1.54) is 29.9 Å². The third-order valence-corrected chi connectivity index (χ3v) is 5.44. The van der Waals surface area contributed by atoms with Gasteiger partial charge in [-0.3, -0.25) is 0 Å². The molecule has 2 atom stereocenters. The molecule has 0 amide bonds. The van der Waals surface area contributed by atoms with Crippen LogP contribution in [0, 0.1) is 5.92 Å². The van der Waals surface area contributed by atoms with E-state index in [4.69, 9.17) is 5.73 Å². The molecule has 2 rings (SSSR count). The Hall–Kier alpha value is 0.01000. The Labute approximate surface area is 94.1 Å². The molecule has 0 bridgehead atoms. The van der Waals surface area contributed by atoms with Crippen molar-refractivity contribution in [3.8, 4) is 0 Å². The van der Waals surface area contributed by atoms with Gasteiger partial charge in [-0.1, -0.05) is 18.9 Å². The summed E-state index contributed by atoms with van der Waals surface area (Å²) in [6.07, 6.45) is 5.45. The van der Waals surface area contributed by atoms with Gasteiger partial charge in [-0.05, 0) is 36.8 Å². The van der Waals surface area contributed by atoms with Gasteiger partial charge in [-0.15, -0.1) is 23.1 Å². The van der Waals surface area contributed by atoms with Crippen molar-refractivity contribution in [1.82, 2.24) is 0 Å². The van der Waals surface area contributed by atoms with E-state index in [1.807, 2.05) is 23.1 Å². The Bertz CT molecular complexity index is 258. The van der Waals surface area contributed by atoms with Crippen LogP contribution in [0.2, 0.25) is 0 Å². The highest BCUT2D eigenvalue weighted by atomic mass is 32.2. The molecule has 1 nitrogen and oxygen atoms in total. The molecular formula is C11H17NS2. The normalized spacial score (nSPS) is 27.8. The Kier molecular flexibility index (Phi) is 3.90. The zero-order valence-electron chi connectivity index (χ0n) is 8.32. The Morgan fingerprint density at radius 2 is 2.29 bits per heavy atom. The number of rotatable bonds is 3. The van der Waals surface area contributed by atoms with Crippen LogP contribution in [0.25, 0.3) is 0 Å². The van der Waals surface area contributed by atoms with Gasteiger partial charge < -0.3 is 5.73 Å². The summed E-state index contributed by atoms with van der Waals surface area (Å²) in [5.41, 5.74) is 5.81. The maximum atomic E-state index is 5.81. The van der Waals surface area contributed by atoms with Gasteiger partial charge in [-0.2, -0.15) is 0 Å². The fourth-order valence-corrected chi connectivity index (χ4v) is 4.47. The van der Waals surface area contributed by atoms with E-state index in [0.717, 1.165) is 17.7 Å². The van der Waals surface area contributed by atoms with Crippen LogP contribution >= 0.6 is 23.1 Å². The minimum Gasteiger partial charge on any atom is -0.330 e. The van der Waals surface area contributed by atoms with Gasteiger partial charge in [0.25, 0.3) is 0 Å². The fourth-order valence-electron chi connectivity index (χ4n) is 2.08. The van der Waals surface area contributed by atoms with E-state index >= 15 is 0 Å². The van der Waals surface area contributed by atoms with Crippen LogP contribution in [0.4, 0.5) is 0 Å². The monoisotopic (exact) mass is 227 g/mol. The maximum Gasteiger partial charge on any atom is 0.0601 e. The van der Waals surface area contributed by atoms with Crippen LogP contribution in [0.1, 0.15) is 25.7 Å². The van der Waals surface area contributed by atoms with E-state index < -0.39 is 0 Å². The molecule has 78 valence electrons. The minimum atomic E-state index is 0.746. The number of hydrogen-bond acceptors (Lipinski definition) is 3. The molecule has 14 heavy (non-hydrogen) atoms. The van der Waals surface area contributed by atoms with Crippen LogP contribution < -0.4 is 5.73 Å². The Morgan fingerprint density at radius 3 is 3.00 bits per heavy atom. The molecule has 1 fully saturated rings. The van der Waals surface area contributed by atoms with Gasteiger partial charge in [0, 0.05) is 5.25 Å². The minimum absolute atomic E-state index is 0.746. The molecule has 0 radical (unpaired) electrons. The summed E-state index contributed by atoms with van der Waals surface area (Å²) in [5, 5.41) is 2.93. The molecule has 1 aromatic heterocycles. The number of nitrogens with two attached hydrogens (primary N) is 1. The molecule has 1 aliphatic rings. The quantitative estimate of drug-likeness (QED) is 0.857. The first kappa shape index (κ1) is 10.5. The second-order valence-corrected chi connectivity index (χ2v) is 6.36. The molecule has 1 aromatic rings. The molecule has 3 heteroatoms. The zero-order chi connectivity index (χ0) is 9.80. The maximum absolute atomic E-state index is 5.81. The largest absolute Gasteiger partial charge is 0.330 e. The third kappa shape index (κ3) is 2.53. The summed E-state index contributed by atoms with van der Waals surface area (Å²) in [6, 6.07) is 4.35. The van der Waals surface area contributed by atoms with Crippen LogP contribution in [-0.2, 0) is 0 Å². The lowest BCUT2D eigenvalue weighted by Crippen LogP contribution is -2.28. The van der Waals surface area contributed by atoms with E-state index in [1.54, 1.807) is 0 Å². The van der Waals surface area contributed by atoms with Gasteiger partial charge in [0.05, 0.1) is 4.21 Å². The SMILES string of the molecule is NCC1CCCCC1Sc1cccs1. The second kappa shape index (κ2) is 5.19. The number of hydrogen-bond donors (Lipinski definition) is 1. The molecular weight excluding hydrogens is 210 g/mol. The number of thioether (sulfide) groups is 1. The van der Waals surface area contributed by atoms with Crippen molar-refractivity contribution in [3.63, 3.8) is 0 Å². The van der Waals surface area contributed by atoms with Gasteiger partial charge in [0.1, 0.15) is 0 Å². The molecule has 1 saturated carbocycles. The zero-order valence-corrected chi connectivity index (χ0v) is 9.95. The van der Waals surface area contributed by atoms with Crippen LogP contribution in [-0.4, -0.2) is 11.8 Å². The van der Waals surface area contributed by atoms with Crippen LogP contribution in [0.3, 0.4) is 0 Å². The van der Waals surface area contributed by atoms with Crippen LogP contribution in [0.15, 0.2) is 21.7 Å². The van der Waals surface area contributed by atoms with Gasteiger partial charge in [0.15, 0.2) is 0 Å². The van der Waals surface area contributed by atoms with Crippen molar-refractivity contribution >= 4 is 23.1 Å². The highest BCUT2D eigenvalue weighted by Gasteiger charge is 2.24. The molecule has 0 aromatic carbocycles. The van der Waals surface area contributed by atoms with E-state index in [9.17, 15) is 0 Å². The smallest absolute Gasteiger partial charge is 0.0601 e. The molecule has 1 aliphatic carbocycles. The summed E-state index contributed by atoms with van der Waals surface area (Å²) in [4.78, 5) is 0. The molecule has 0 spiro atoms. The van der Waals surface area contributed by atoms with E-state index in [0.29, 0.717) is 0 Å². The summed E-state index contributed by atoms with van der Waals surface area (Å²) in [7, 11) is 0. The lowest BCUT2D eigenvalue weighted by molar-refractivity contribution is 0.378. The summed E-state index contributed by atoms with van der Waals surface area (Å²) in [5.74, 6) is 0.746. The summed E-state index contributed by atoms with van der Waals surface area (Å²) in [6.45, 7) is 0.864. The molecule has 1 heterocycles. The van der Waals surface area contributed by atoms with Crippen molar-refractivity contribution in [2.24, 2.45) is 11.7 Å². The average Bonchev–Trinajstić information content (AvgIpc) is 2.71. The fraction of sp³-hybridized carbons (Fsp3) is 0.636. The highest BCUT2D eigenvalue weighted by Crippen LogP contribution is 2.38. The lowest BCUT2D eigenvalue weighted by atomic mass is 9.89. The standard InChI is InChI=1S/C11H17NS2/c12-8-9-4-1-2-5-10(9)14-11-6-3-7-13-11/h3,6-7,9-10H,1-2,4-5,8,12H2. The molecule has 0 aliphatic heterocycles. The second-order valence-electron chi connectivity index (χ2n) is 3.87. The van der Waals surface area contributed by atoms with Crippen LogP contribution in [0.5, 0.6) is 0 Å². The molecule has 2 N–H and O–H groups in total. The van der Waals surface area contributed by atoms with Gasteiger partial charge in [-0.25, -0.2) is 0 Å². The third-order valence-electron chi connectivity index (χ3n) is 2.90. The highest BCUT2D eigenvalue weighted by molar-refractivity contribution is 8.01. The topological polar surface area (TPSA) is 26.0 Å². The first-order valence-electron chi connectivity index (χ1n) is 5.30. The first-order chi connectivity index (χ1) is 6.90. The van der Waals surface area contributed by atoms with Gasteiger partial charge in [0.2, 0.25) is 0 Å².